The van der Waals surface area contributed by atoms with Gasteiger partial charge in [0, 0.05) is 6.04 Å². The van der Waals surface area contributed by atoms with Crippen LogP contribution in [0.1, 0.15) is 30.6 Å². The van der Waals surface area contributed by atoms with Crippen molar-refractivity contribution in [2.45, 2.75) is 26.3 Å². The number of anilines is 1. The molecular weight excluding hydrogens is 268 g/mol. The molecule has 110 valence electrons. The second-order valence-corrected chi connectivity index (χ2v) is 4.43. The molecule has 0 saturated heterocycles. The van der Waals surface area contributed by atoms with E-state index in [2.05, 4.69) is 15.8 Å². The molecule has 21 heavy (non-hydrogen) atoms. The number of hydrazone groups is 1. The van der Waals surface area contributed by atoms with Gasteiger partial charge in [0.25, 0.3) is 5.91 Å². The summed E-state index contributed by atoms with van der Waals surface area (Å²) in [6.45, 7) is 3.89. The molecule has 0 bridgehead atoms. The molecule has 5 N–H and O–H groups in total. The second-order valence-electron chi connectivity index (χ2n) is 4.43. The monoisotopic (exact) mass is 286 g/mol. The van der Waals surface area contributed by atoms with E-state index < -0.39 is 5.84 Å². The van der Waals surface area contributed by atoms with Crippen molar-refractivity contribution in [3.63, 3.8) is 0 Å². The third kappa shape index (κ3) is 4.62. The molecule has 1 rings (SSSR count). The summed E-state index contributed by atoms with van der Waals surface area (Å²) in [7, 11) is 0. The van der Waals surface area contributed by atoms with Crippen LogP contribution in [-0.4, -0.2) is 23.5 Å². The summed E-state index contributed by atoms with van der Waals surface area (Å²) in [5.74, 6) is -0.671. The van der Waals surface area contributed by atoms with Crippen molar-refractivity contribution in [1.29, 1.82) is 10.7 Å². The summed E-state index contributed by atoms with van der Waals surface area (Å²) in [5.41, 5.74) is 8.40. The molecule has 1 aromatic rings. The zero-order valence-corrected chi connectivity index (χ0v) is 12.0. The molecule has 0 aliphatic carbocycles. The third-order valence-electron chi connectivity index (χ3n) is 2.81. The van der Waals surface area contributed by atoms with Gasteiger partial charge in [-0.15, -0.1) is 0 Å². The van der Waals surface area contributed by atoms with Gasteiger partial charge in [0.1, 0.15) is 6.07 Å². The summed E-state index contributed by atoms with van der Waals surface area (Å²) in [6, 6.07) is 8.53. The van der Waals surface area contributed by atoms with Gasteiger partial charge in [0.15, 0.2) is 5.84 Å². The minimum atomic E-state index is -0.438. The zero-order valence-electron chi connectivity index (χ0n) is 12.0. The maximum atomic E-state index is 12.2. The second kappa shape index (κ2) is 7.65. The van der Waals surface area contributed by atoms with Crippen LogP contribution in [0, 0.1) is 16.7 Å². The Morgan fingerprint density at radius 1 is 1.52 bits per heavy atom. The van der Waals surface area contributed by atoms with Crippen LogP contribution in [0.2, 0.25) is 0 Å². The number of carbonyl (C=O) groups is 1. The minimum absolute atomic E-state index is 0.0564. The maximum Gasteiger partial charge on any atom is 0.253 e. The Morgan fingerprint density at radius 2 is 2.19 bits per heavy atom. The highest BCUT2D eigenvalue weighted by Crippen LogP contribution is 2.15. The average Bonchev–Trinajstić information content (AvgIpc) is 2.47. The van der Waals surface area contributed by atoms with Crippen LogP contribution < -0.4 is 16.5 Å². The number of hydrogen-bond acceptors (Lipinski definition) is 5. The van der Waals surface area contributed by atoms with E-state index in [1.807, 2.05) is 13.8 Å². The molecule has 0 saturated carbocycles. The van der Waals surface area contributed by atoms with Gasteiger partial charge in [-0.2, -0.15) is 10.4 Å². The number of nitrogens with zero attached hydrogens (tertiary/aromatic N) is 2. The zero-order chi connectivity index (χ0) is 15.8. The number of nitriles is 1. The first-order chi connectivity index (χ1) is 9.99. The Labute approximate surface area is 123 Å². The van der Waals surface area contributed by atoms with Crippen molar-refractivity contribution in [2.75, 3.05) is 5.43 Å². The van der Waals surface area contributed by atoms with Crippen LogP contribution in [-0.2, 0) is 0 Å². The van der Waals surface area contributed by atoms with Gasteiger partial charge in [0.2, 0.25) is 5.71 Å². The molecule has 0 aliphatic heterocycles. The van der Waals surface area contributed by atoms with E-state index in [1.54, 1.807) is 30.3 Å². The van der Waals surface area contributed by atoms with Crippen LogP contribution >= 0.6 is 0 Å². The normalized spacial score (nSPS) is 12.1. The first kappa shape index (κ1) is 16.2. The van der Waals surface area contributed by atoms with Gasteiger partial charge in [-0.25, -0.2) is 0 Å². The van der Waals surface area contributed by atoms with E-state index in [0.717, 1.165) is 6.42 Å². The lowest BCUT2D eigenvalue weighted by Gasteiger charge is -2.13. The van der Waals surface area contributed by atoms with Crippen molar-refractivity contribution >= 4 is 23.1 Å². The van der Waals surface area contributed by atoms with Gasteiger partial charge < -0.3 is 11.1 Å². The molecule has 1 amide bonds. The Hall–Kier alpha value is -2.88. The summed E-state index contributed by atoms with van der Waals surface area (Å²) >= 11 is 0. The maximum absolute atomic E-state index is 12.2. The summed E-state index contributed by atoms with van der Waals surface area (Å²) in [6.07, 6.45) is 0.822. The third-order valence-corrected chi connectivity index (χ3v) is 2.81. The van der Waals surface area contributed by atoms with Crippen LogP contribution in [0.25, 0.3) is 0 Å². The fourth-order valence-corrected chi connectivity index (χ4v) is 1.44. The molecule has 0 aliphatic rings. The number of carbonyl (C=O) groups excluding carboxylic acids is 1. The number of nitrogens with one attached hydrogen (secondary N) is 3. The van der Waals surface area contributed by atoms with Crippen LogP contribution in [0.15, 0.2) is 29.4 Å². The highest BCUT2D eigenvalue weighted by Gasteiger charge is 2.12. The fourth-order valence-electron chi connectivity index (χ4n) is 1.44. The number of hydrogen-bond donors (Lipinski definition) is 4. The quantitative estimate of drug-likeness (QED) is 0.358. The first-order valence-corrected chi connectivity index (χ1v) is 6.47. The minimum Gasteiger partial charge on any atom is -0.382 e. The largest absolute Gasteiger partial charge is 0.382 e. The summed E-state index contributed by atoms with van der Waals surface area (Å²) in [5, 5.41) is 22.5. The number of para-hydroxylation sites is 1. The molecule has 1 aromatic carbocycles. The topological polar surface area (TPSA) is 127 Å². The van der Waals surface area contributed by atoms with Crippen molar-refractivity contribution < 1.29 is 4.79 Å². The Kier molecular flexibility index (Phi) is 5.89. The van der Waals surface area contributed by atoms with Crippen molar-refractivity contribution in [3.05, 3.63) is 29.8 Å². The number of amides is 1. The van der Waals surface area contributed by atoms with E-state index >= 15 is 0 Å². The number of rotatable bonds is 6. The average molecular weight is 286 g/mol. The molecule has 7 heteroatoms. The van der Waals surface area contributed by atoms with E-state index in [0.29, 0.717) is 11.3 Å². The Morgan fingerprint density at radius 3 is 2.76 bits per heavy atom. The summed E-state index contributed by atoms with van der Waals surface area (Å²) < 4.78 is 0. The van der Waals surface area contributed by atoms with Crippen molar-refractivity contribution in [2.24, 2.45) is 10.8 Å². The molecule has 1 atom stereocenters. The van der Waals surface area contributed by atoms with Crippen LogP contribution in [0.4, 0.5) is 5.69 Å². The standard InChI is InChI=1S/C14H18N6O/c1-3-9(2)18-14(21)10-6-4-5-7-11(10)19-20-12(8-15)13(16)17/h4-7,9,19H,3H2,1-2H3,(H3,16,17)(H,18,21)/b20-12+. The molecule has 0 spiro atoms. The number of nitrogens with two attached hydrogens (primary N) is 1. The smallest absolute Gasteiger partial charge is 0.253 e. The molecule has 0 fully saturated rings. The lowest BCUT2D eigenvalue weighted by molar-refractivity contribution is 0.0940. The fraction of sp³-hybridized carbons (Fsp3) is 0.286. The van der Waals surface area contributed by atoms with E-state index in [4.69, 9.17) is 16.4 Å². The van der Waals surface area contributed by atoms with Gasteiger partial charge in [-0.1, -0.05) is 19.1 Å². The molecule has 7 nitrogen and oxygen atoms in total. The SMILES string of the molecule is CCC(C)NC(=O)c1ccccc1N/N=C(\C#N)C(=N)N. The highest BCUT2D eigenvalue weighted by atomic mass is 16.1. The van der Waals surface area contributed by atoms with Gasteiger partial charge in [-0.3, -0.25) is 15.6 Å². The van der Waals surface area contributed by atoms with Gasteiger partial charge >= 0.3 is 0 Å². The van der Waals surface area contributed by atoms with Crippen molar-refractivity contribution in [3.8, 4) is 6.07 Å². The Balaban J connectivity index is 2.97. The van der Waals surface area contributed by atoms with E-state index in [1.165, 1.54) is 0 Å². The van der Waals surface area contributed by atoms with E-state index in [-0.39, 0.29) is 17.7 Å². The van der Waals surface area contributed by atoms with Crippen LogP contribution in [0.3, 0.4) is 0 Å². The van der Waals surface area contributed by atoms with E-state index in [9.17, 15) is 4.79 Å². The molecular formula is C14H18N6O. The first-order valence-electron chi connectivity index (χ1n) is 6.47. The molecule has 0 radical (unpaired) electrons. The Bertz CT molecular complexity index is 602. The summed E-state index contributed by atoms with van der Waals surface area (Å²) in [4.78, 5) is 12.2. The van der Waals surface area contributed by atoms with Gasteiger partial charge in [-0.05, 0) is 25.5 Å². The lowest BCUT2D eigenvalue weighted by atomic mass is 10.1. The highest BCUT2D eigenvalue weighted by molar-refractivity contribution is 6.45. The number of benzene rings is 1. The molecule has 0 aromatic heterocycles. The van der Waals surface area contributed by atoms with Crippen LogP contribution in [0.5, 0.6) is 0 Å². The van der Waals surface area contributed by atoms with Gasteiger partial charge in [0.05, 0.1) is 11.3 Å². The number of amidine groups is 1. The lowest BCUT2D eigenvalue weighted by Crippen LogP contribution is -2.32. The predicted molar refractivity (Wildman–Crippen MR) is 82.2 cm³/mol. The predicted octanol–water partition coefficient (Wildman–Crippen LogP) is 1.44. The molecule has 0 heterocycles. The molecule has 1 unspecified atom stereocenters. The van der Waals surface area contributed by atoms with Crippen molar-refractivity contribution in [1.82, 2.24) is 5.32 Å².